The smallest absolute Gasteiger partial charge is 0.320 e. The molecule has 0 radical (unpaired) electrons. The lowest BCUT2D eigenvalue weighted by Crippen LogP contribution is -2.32. The number of phenols is 1. The number of amides is 1. The van der Waals surface area contributed by atoms with Crippen molar-refractivity contribution >= 4 is 12.4 Å². The number of hydrogen-bond donors (Lipinski definition) is 4. The summed E-state index contributed by atoms with van der Waals surface area (Å²) >= 11 is 0. The number of benzene rings is 1. The van der Waals surface area contributed by atoms with E-state index >= 15 is 0 Å². The molecule has 16 heavy (non-hydrogen) atoms. The number of carboxylic acid groups (broad SMARTS) is 1. The number of hydrogen-bond acceptors (Lipinski definition) is 4. The summed E-state index contributed by atoms with van der Waals surface area (Å²) in [6.45, 7) is 0. The first kappa shape index (κ1) is 13.9. The number of carboxylic acids is 1. The van der Waals surface area contributed by atoms with E-state index in [1.54, 1.807) is 12.1 Å². The second kappa shape index (κ2) is 7.24. The molecule has 0 aliphatic heterocycles. The van der Waals surface area contributed by atoms with Gasteiger partial charge in [0, 0.05) is 0 Å². The van der Waals surface area contributed by atoms with Gasteiger partial charge in [-0.05, 0) is 24.1 Å². The number of rotatable bonds is 3. The molecule has 1 aromatic rings. The summed E-state index contributed by atoms with van der Waals surface area (Å²) in [5, 5.41) is 17.5. The molecule has 0 unspecified atom stereocenters. The molecule has 0 bridgehead atoms. The first-order valence-electron chi connectivity index (χ1n) is 4.43. The Kier molecular flexibility index (Phi) is 6.30. The van der Waals surface area contributed by atoms with Crippen molar-refractivity contribution in [3.05, 3.63) is 29.8 Å². The van der Waals surface area contributed by atoms with Crippen molar-refractivity contribution in [3.8, 4) is 5.75 Å². The summed E-state index contributed by atoms with van der Waals surface area (Å²) in [7, 11) is 0. The number of phenolic OH excluding ortho intramolecular Hbond substituents is 1. The van der Waals surface area contributed by atoms with Crippen molar-refractivity contribution in [2.45, 2.75) is 12.5 Å². The first-order valence-corrected chi connectivity index (χ1v) is 4.43. The van der Waals surface area contributed by atoms with Crippen molar-refractivity contribution in [1.82, 2.24) is 0 Å². The molecule has 1 atom stereocenters. The van der Waals surface area contributed by atoms with Crippen LogP contribution in [-0.2, 0) is 16.0 Å². The highest BCUT2D eigenvalue weighted by molar-refractivity contribution is 5.73. The Balaban J connectivity index is 0.000000673. The fraction of sp³-hybridized carbons (Fsp3) is 0.200. The molecule has 1 rings (SSSR count). The van der Waals surface area contributed by atoms with E-state index in [1.165, 1.54) is 12.1 Å². The molecule has 6 heteroatoms. The van der Waals surface area contributed by atoms with E-state index in [-0.39, 0.29) is 18.6 Å². The Bertz CT molecular complexity index is 337. The summed E-state index contributed by atoms with van der Waals surface area (Å²) < 4.78 is 0. The average Bonchev–Trinajstić information content (AvgIpc) is 2.22. The van der Waals surface area contributed by atoms with Crippen molar-refractivity contribution in [3.63, 3.8) is 0 Å². The van der Waals surface area contributed by atoms with Crippen LogP contribution in [0.25, 0.3) is 0 Å². The van der Waals surface area contributed by atoms with Gasteiger partial charge in [-0.3, -0.25) is 9.59 Å². The van der Waals surface area contributed by atoms with E-state index in [1.807, 2.05) is 0 Å². The van der Waals surface area contributed by atoms with Gasteiger partial charge in [0.15, 0.2) is 0 Å². The monoisotopic (exact) mass is 226 g/mol. The zero-order valence-corrected chi connectivity index (χ0v) is 8.54. The van der Waals surface area contributed by atoms with Crippen molar-refractivity contribution in [1.29, 1.82) is 0 Å². The molecule has 88 valence electrons. The maximum atomic E-state index is 10.4. The van der Waals surface area contributed by atoms with Crippen LogP contribution in [0.2, 0.25) is 0 Å². The van der Waals surface area contributed by atoms with Gasteiger partial charge in [-0.2, -0.15) is 0 Å². The van der Waals surface area contributed by atoms with E-state index in [0.717, 1.165) is 5.56 Å². The van der Waals surface area contributed by atoms with Gasteiger partial charge in [0.2, 0.25) is 6.41 Å². The second-order valence-electron chi connectivity index (χ2n) is 2.95. The molecule has 1 aromatic carbocycles. The number of nitrogens with two attached hydrogens (primary N) is 2. The van der Waals surface area contributed by atoms with E-state index in [2.05, 4.69) is 5.73 Å². The lowest BCUT2D eigenvalue weighted by Gasteiger charge is -2.05. The molecule has 0 aliphatic rings. The molecule has 0 saturated carbocycles. The van der Waals surface area contributed by atoms with Crippen LogP contribution < -0.4 is 11.5 Å². The lowest BCUT2D eigenvalue weighted by molar-refractivity contribution is -0.138. The minimum absolute atomic E-state index is 0.160. The topological polar surface area (TPSA) is 127 Å². The van der Waals surface area contributed by atoms with Gasteiger partial charge < -0.3 is 21.7 Å². The Hall–Kier alpha value is -2.08. The molecule has 0 aliphatic carbocycles. The van der Waals surface area contributed by atoms with Gasteiger partial charge in [-0.15, -0.1) is 0 Å². The van der Waals surface area contributed by atoms with Crippen LogP contribution in [-0.4, -0.2) is 28.6 Å². The zero-order valence-electron chi connectivity index (χ0n) is 8.54. The zero-order chi connectivity index (χ0) is 12.6. The van der Waals surface area contributed by atoms with Crippen molar-refractivity contribution in [2.75, 3.05) is 0 Å². The van der Waals surface area contributed by atoms with Gasteiger partial charge in [0.05, 0.1) is 0 Å². The molecule has 6 nitrogen and oxygen atoms in total. The van der Waals surface area contributed by atoms with Crippen LogP contribution in [0.15, 0.2) is 24.3 Å². The normalized spacial score (nSPS) is 10.8. The van der Waals surface area contributed by atoms with Gasteiger partial charge >= 0.3 is 5.97 Å². The number of carbonyl (C=O) groups is 2. The number of carbonyl (C=O) groups excluding carboxylic acids is 1. The van der Waals surface area contributed by atoms with Gasteiger partial charge in [0.25, 0.3) is 0 Å². The van der Waals surface area contributed by atoms with Crippen LogP contribution in [0.3, 0.4) is 0 Å². The molecule has 0 fully saturated rings. The van der Waals surface area contributed by atoms with Crippen LogP contribution >= 0.6 is 0 Å². The van der Waals surface area contributed by atoms with E-state index in [9.17, 15) is 4.79 Å². The summed E-state index contributed by atoms with van der Waals surface area (Å²) in [6.07, 6.45) is 0.523. The van der Waals surface area contributed by atoms with Crippen molar-refractivity contribution in [2.24, 2.45) is 11.5 Å². The third-order valence-corrected chi connectivity index (χ3v) is 1.71. The summed E-state index contributed by atoms with van der Waals surface area (Å²) in [5.41, 5.74) is 10.3. The average molecular weight is 226 g/mol. The third kappa shape index (κ3) is 5.61. The molecular weight excluding hydrogens is 212 g/mol. The Labute approximate surface area is 92.5 Å². The van der Waals surface area contributed by atoms with Crippen LogP contribution in [0.4, 0.5) is 0 Å². The largest absolute Gasteiger partial charge is 0.508 e. The molecule has 6 N–H and O–H groups in total. The van der Waals surface area contributed by atoms with Gasteiger partial charge in [-0.1, -0.05) is 12.1 Å². The van der Waals surface area contributed by atoms with Crippen LogP contribution in [0.5, 0.6) is 5.75 Å². The summed E-state index contributed by atoms with van der Waals surface area (Å²) in [5.74, 6) is -0.860. The summed E-state index contributed by atoms with van der Waals surface area (Å²) in [6, 6.07) is 5.42. The standard InChI is InChI=1S/C9H11NO3.CH3NO/c10-8(9(12)13)5-6-1-3-7(11)4-2-6;2-1-3/h1-4,8,11H,5,10H2,(H,12,13);1H,(H2,2,3)/t8-;/m1./s1. The molecular formula is C10H14N2O4. The van der Waals surface area contributed by atoms with Crippen LogP contribution in [0.1, 0.15) is 5.56 Å². The van der Waals surface area contributed by atoms with Gasteiger partial charge in [0.1, 0.15) is 11.8 Å². The quantitative estimate of drug-likeness (QED) is 0.514. The minimum Gasteiger partial charge on any atom is -0.508 e. The molecule has 1 amide bonds. The molecule has 0 aromatic heterocycles. The van der Waals surface area contributed by atoms with E-state index < -0.39 is 12.0 Å². The Morgan fingerprint density at radius 3 is 2.19 bits per heavy atom. The second-order valence-corrected chi connectivity index (χ2v) is 2.95. The number of aliphatic carboxylic acids is 1. The fourth-order valence-corrected chi connectivity index (χ4v) is 0.973. The highest BCUT2D eigenvalue weighted by atomic mass is 16.4. The molecule has 0 spiro atoms. The SMILES string of the molecule is NC=O.N[C@H](Cc1ccc(O)cc1)C(=O)O. The number of aromatic hydroxyl groups is 1. The Morgan fingerprint density at radius 1 is 1.38 bits per heavy atom. The first-order chi connectivity index (χ1) is 7.51. The molecule has 0 saturated heterocycles. The summed E-state index contributed by atoms with van der Waals surface area (Å²) in [4.78, 5) is 19.0. The number of primary amides is 1. The minimum atomic E-state index is -1.02. The van der Waals surface area contributed by atoms with E-state index in [0.29, 0.717) is 0 Å². The third-order valence-electron chi connectivity index (χ3n) is 1.71. The van der Waals surface area contributed by atoms with E-state index in [4.69, 9.17) is 20.7 Å². The highest BCUT2D eigenvalue weighted by Crippen LogP contribution is 2.10. The lowest BCUT2D eigenvalue weighted by atomic mass is 10.1. The highest BCUT2D eigenvalue weighted by Gasteiger charge is 2.11. The van der Waals surface area contributed by atoms with Gasteiger partial charge in [-0.25, -0.2) is 0 Å². The Morgan fingerprint density at radius 2 is 1.81 bits per heavy atom. The fourth-order valence-electron chi connectivity index (χ4n) is 0.973. The maximum absolute atomic E-state index is 10.4. The molecule has 0 heterocycles. The van der Waals surface area contributed by atoms with Crippen LogP contribution in [0, 0.1) is 0 Å². The predicted octanol–water partition coefficient (Wildman–Crippen LogP) is -0.552. The predicted molar refractivity (Wildman–Crippen MR) is 57.7 cm³/mol. The van der Waals surface area contributed by atoms with Crippen molar-refractivity contribution < 1.29 is 19.8 Å². The maximum Gasteiger partial charge on any atom is 0.320 e.